The molecule has 0 radical (unpaired) electrons. The average Bonchev–Trinajstić information content (AvgIpc) is 3.38. The quantitative estimate of drug-likeness (QED) is 0.477. The third-order valence-electron chi connectivity index (χ3n) is 7.84. The maximum atomic E-state index is 14.2. The molecule has 8 nitrogen and oxygen atoms in total. The number of imide groups is 2. The Morgan fingerprint density at radius 3 is 2.06 bits per heavy atom. The van der Waals surface area contributed by atoms with Crippen LogP contribution in [0.25, 0.3) is 0 Å². The Bertz CT molecular complexity index is 1260. The molecule has 0 saturated carbocycles. The van der Waals surface area contributed by atoms with Gasteiger partial charge in [-0.3, -0.25) is 19.3 Å². The highest BCUT2D eigenvalue weighted by atomic mass is 16.5. The predicted octanol–water partition coefficient (Wildman–Crippen LogP) is 4.08. The summed E-state index contributed by atoms with van der Waals surface area (Å²) in [5.41, 5.74) is -0.0796. The number of urea groups is 1. The lowest BCUT2D eigenvalue weighted by molar-refractivity contribution is -0.149. The van der Waals surface area contributed by atoms with E-state index in [2.05, 4.69) is 0 Å². The van der Waals surface area contributed by atoms with Gasteiger partial charge >= 0.3 is 6.03 Å². The molecule has 0 aromatic heterocycles. The van der Waals surface area contributed by atoms with Crippen molar-refractivity contribution >= 4 is 29.4 Å². The summed E-state index contributed by atoms with van der Waals surface area (Å²) in [5.74, 6) is -2.38. The number of hydrogen-bond acceptors (Lipinski definition) is 5. The van der Waals surface area contributed by atoms with E-state index >= 15 is 0 Å². The largest absolute Gasteiger partial charge is 0.497 e. The second kappa shape index (κ2) is 7.91. The van der Waals surface area contributed by atoms with E-state index in [1.807, 2.05) is 46.8 Å². The maximum absolute atomic E-state index is 14.2. The molecule has 3 aliphatic rings. The second-order valence-corrected chi connectivity index (χ2v) is 10.8. The highest BCUT2D eigenvalue weighted by Crippen LogP contribution is 2.60. The minimum Gasteiger partial charge on any atom is -0.497 e. The molecular weight excluding hydrogens is 458 g/mol. The molecule has 8 heteroatoms. The van der Waals surface area contributed by atoms with Crippen LogP contribution in [0.1, 0.15) is 51.3 Å². The number of methoxy groups -OCH3 is 1. The van der Waals surface area contributed by atoms with Gasteiger partial charge in [0.05, 0.1) is 30.7 Å². The van der Waals surface area contributed by atoms with Crippen LogP contribution in [0.4, 0.5) is 10.5 Å². The minimum atomic E-state index is -1.45. The number of aryl methyl sites for hydroxylation is 1. The Morgan fingerprint density at radius 1 is 0.917 bits per heavy atom. The van der Waals surface area contributed by atoms with Gasteiger partial charge in [0.25, 0.3) is 5.91 Å². The molecule has 3 aliphatic heterocycles. The minimum absolute atomic E-state index is 0.213. The van der Waals surface area contributed by atoms with Crippen LogP contribution in [-0.2, 0) is 14.4 Å². The van der Waals surface area contributed by atoms with E-state index in [1.54, 1.807) is 43.5 Å². The van der Waals surface area contributed by atoms with E-state index in [9.17, 15) is 19.2 Å². The van der Waals surface area contributed by atoms with Crippen LogP contribution in [-0.4, -0.2) is 51.7 Å². The van der Waals surface area contributed by atoms with Crippen molar-refractivity contribution in [3.8, 4) is 5.75 Å². The first-order valence-corrected chi connectivity index (χ1v) is 12.3. The number of fused-ring (bicyclic) bond motifs is 3. The monoisotopic (exact) mass is 489 g/mol. The number of rotatable bonds is 4. The first-order valence-electron chi connectivity index (χ1n) is 12.3. The van der Waals surface area contributed by atoms with Gasteiger partial charge < -0.3 is 9.64 Å². The molecule has 4 atom stereocenters. The van der Waals surface area contributed by atoms with E-state index in [-0.39, 0.29) is 12.3 Å². The zero-order chi connectivity index (χ0) is 26.2. The molecule has 0 N–H and O–H groups in total. The van der Waals surface area contributed by atoms with Crippen molar-refractivity contribution in [3.05, 3.63) is 59.7 Å². The van der Waals surface area contributed by atoms with E-state index in [0.29, 0.717) is 17.0 Å². The van der Waals surface area contributed by atoms with Gasteiger partial charge in [0.1, 0.15) is 11.3 Å². The molecule has 0 bridgehead atoms. The number of carbonyl (C=O) groups is 4. The lowest BCUT2D eigenvalue weighted by Crippen LogP contribution is -2.55. The Balaban J connectivity index is 1.73. The number of nitrogens with zero attached hydrogens (tertiary/aromatic N) is 3. The lowest BCUT2D eigenvalue weighted by Gasteiger charge is -2.37. The summed E-state index contributed by atoms with van der Waals surface area (Å²) < 4.78 is 5.30. The van der Waals surface area contributed by atoms with Crippen LogP contribution in [0.5, 0.6) is 5.75 Å². The summed E-state index contributed by atoms with van der Waals surface area (Å²) in [6.45, 7) is 9.16. The molecule has 3 saturated heterocycles. The SMILES string of the molecule is CC[C@@]12C(=O)N(c3ccc(C)cc3)C(=O)N1C(c1ccc(OC)cc1)C1C(=O)N(C(C)(C)C)C(=O)C12. The highest BCUT2D eigenvalue weighted by molar-refractivity contribution is 6.26. The molecule has 2 aromatic carbocycles. The number of hydrogen-bond donors (Lipinski definition) is 0. The predicted molar refractivity (Wildman–Crippen MR) is 133 cm³/mol. The Labute approximate surface area is 210 Å². The van der Waals surface area contributed by atoms with Crippen LogP contribution in [0.15, 0.2) is 48.5 Å². The number of amides is 5. The molecule has 5 rings (SSSR count). The molecule has 36 heavy (non-hydrogen) atoms. The van der Waals surface area contributed by atoms with Crippen LogP contribution in [0, 0.1) is 18.8 Å². The number of anilines is 1. The smallest absolute Gasteiger partial charge is 0.332 e. The van der Waals surface area contributed by atoms with Crippen molar-refractivity contribution in [2.75, 3.05) is 12.0 Å². The highest BCUT2D eigenvalue weighted by Gasteiger charge is 2.77. The zero-order valence-corrected chi connectivity index (χ0v) is 21.4. The summed E-state index contributed by atoms with van der Waals surface area (Å²) in [7, 11) is 1.56. The first kappa shape index (κ1) is 24.0. The maximum Gasteiger partial charge on any atom is 0.332 e. The number of carbonyl (C=O) groups excluding carboxylic acids is 4. The van der Waals surface area contributed by atoms with Gasteiger partial charge in [0.15, 0.2) is 0 Å². The molecule has 2 aromatic rings. The van der Waals surface area contributed by atoms with Crippen molar-refractivity contribution in [2.24, 2.45) is 11.8 Å². The first-order chi connectivity index (χ1) is 17.0. The van der Waals surface area contributed by atoms with E-state index in [0.717, 1.165) is 5.56 Å². The third kappa shape index (κ3) is 2.99. The molecule has 0 spiro atoms. The van der Waals surface area contributed by atoms with Crippen molar-refractivity contribution in [1.29, 1.82) is 0 Å². The normalized spacial score (nSPS) is 27.7. The molecule has 3 fully saturated rings. The summed E-state index contributed by atoms with van der Waals surface area (Å²) in [4.78, 5) is 60.1. The second-order valence-electron chi connectivity index (χ2n) is 10.8. The van der Waals surface area contributed by atoms with Gasteiger partial charge in [-0.2, -0.15) is 0 Å². The molecule has 3 heterocycles. The fraction of sp³-hybridized carbons (Fsp3) is 0.429. The Hall–Kier alpha value is -3.68. The molecule has 0 aliphatic carbocycles. The summed E-state index contributed by atoms with van der Waals surface area (Å²) in [6, 6.07) is 13.0. The Kier molecular flexibility index (Phi) is 5.28. The van der Waals surface area contributed by atoms with E-state index in [1.165, 1.54) is 14.7 Å². The molecular formula is C28H31N3O5. The van der Waals surface area contributed by atoms with Crippen LogP contribution in [0.3, 0.4) is 0 Å². The summed E-state index contributed by atoms with van der Waals surface area (Å²) in [6.07, 6.45) is 0.213. The van der Waals surface area contributed by atoms with Gasteiger partial charge in [0.2, 0.25) is 11.8 Å². The summed E-state index contributed by atoms with van der Waals surface area (Å²) in [5, 5.41) is 0. The topological polar surface area (TPSA) is 87.2 Å². The molecule has 3 unspecified atom stereocenters. The van der Waals surface area contributed by atoms with Crippen molar-refractivity contribution in [2.45, 2.75) is 58.2 Å². The average molecular weight is 490 g/mol. The fourth-order valence-electron chi connectivity index (χ4n) is 6.27. The van der Waals surface area contributed by atoms with Gasteiger partial charge in [-0.15, -0.1) is 0 Å². The van der Waals surface area contributed by atoms with Gasteiger partial charge in [-0.05, 0) is 63.9 Å². The van der Waals surface area contributed by atoms with Crippen LogP contribution in [0.2, 0.25) is 0 Å². The van der Waals surface area contributed by atoms with Crippen molar-refractivity contribution < 1.29 is 23.9 Å². The van der Waals surface area contributed by atoms with Gasteiger partial charge in [-0.25, -0.2) is 9.69 Å². The number of benzene rings is 2. The summed E-state index contributed by atoms with van der Waals surface area (Å²) >= 11 is 0. The van der Waals surface area contributed by atoms with Crippen molar-refractivity contribution in [3.63, 3.8) is 0 Å². The number of likely N-dealkylation sites (tertiary alicyclic amines) is 1. The van der Waals surface area contributed by atoms with E-state index in [4.69, 9.17) is 4.74 Å². The number of ether oxygens (including phenoxy) is 1. The lowest BCUT2D eigenvalue weighted by atomic mass is 9.77. The van der Waals surface area contributed by atoms with Gasteiger partial charge in [-0.1, -0.05) is 36.8 Å². The van der Waals surface area contributed by atoms with Crippen LogP contribution >= 0.6 is 0 Å². The van der Waals surface area contributed by atoms with Gasteiger partial charge in [0, 0.05) is 5.54 Å². The standard InChI is InChI=1S/C28H31N3O5/c1-7-28-21-20(23(32)31(24(21)33)27(3,4)5)22(17-10-14-19(36-6)15-11-17)30(28)26(35)29(25(28)34)18-12-8-16(2)9-13-18/h8-15,20-22H,7H2,1-6H3/t20?,21?,22?,28-/m1/s1. The van der Waals surface area contributed by atoms with Crippen LogP contribution < -0.4 is 9.64 Å². The molecule has 188 valence electrons. The van der Waals surface area contributed by atoms with E-state index < -0.39 is 46.8 Å². The Morgan fingerprint density at radius 2 is 1.53 bits per heavy atom. The fourth-order valence-corrected chi connectivity index (χ4v) is 6.27. The van der Waals surface area contributed by atoms with Crippen molar-refractivity contribution in [1.82, 2.24) is 9.80 Å². The third-order valence-corrected chi connectivity index (χ3v) is 7.84. The zero-order valence-electron chi connectivity index (χ0n) is 21.4. The molecule has 5 amide bonds.